The highest BCUT2D eigenvalue weighted by molar-refractivity contribution is 5.38. The Bertz CT molecular complexity index is 715. The molecule has 1 unspecified atom stereocenters. The van der Waals surface area contributed by atoms with E-state index in [-0.39, 0.29) is 17.4 Å². The van der Waals surface area contributed by atoms with Crippen LogP contribution in [0.25, 0.3) is 0 Å². The summed E-state index contributed by atoms with van der Waals surface area (Å²) in [5.74, 6) is 1.23. The first-order valence-electron chi connectivity index (χ1n) is 12.3. The van der Waals surface area contributed by atoms with Gasteiger partial charge in [0.2, 0.25) is 0 Å². The van der Waals surface area contributed by atoms with Crippen LogP contribution in [0.2, 0.25) is 0 Å². The van der Waals surface area contributed by atoms with Gasteiger partial charge < -0.3 is 20.4 Å². The number of hydrogen-bond donors (Lipinski definition) is 4. The van der Waals surface area contributed by atoms with Crippen molar-refractivity contribution in [2.75, 3.05) is 0 Å². The third-order valence-electron chi connectivity index (χ3n) is 8.60. The van der Waals surface area contributed by atoms with Crippen LogP contribution in [-0.2, 0) is 0 Å². The predicted molar refractivity (Wildman–Crippen MR) is 125 cm³/mol. The molecular weight excluding hydrogens is 388 g/mol. The minimum Gasteiger partial charge on any atom is -0.393 e. The lowest BCUT2D eigenvalue weighted by atomic mass is 9.60. The highest BCUT2D eigenvalue weighted by Crippen LogP contribution is 2.60. The van der Waals surface area contributed by atoms with E-state index in [2.05, 4.69) is 32.6 Å². The summed E-state index contributed by atoms with van der Waals surface area (Å²) in [6.07, 6.45) is 10.8. The zero-order valence-electron chi connectivity index (χ0n) is 20.0. The molecule has 0 radical (unpaired) electrons. The molecule has 3 fully saturated rings. The number of allylic oxidation sites excluding steroid dienone is 3. The van der Waals surface area contributed by atoms with Gasteiger partial charge in [0, 0.05) is 6.42 Å². The van der Waals surface area contributed by atoms with Crippen LogP contribution >= 0.6 is 0 Å². The van der Waals surface area contributed by atoms with Gasteiger partial charge in [-0.25, -0.2) is 0 Å². The Labute approximate surface area is 188 Å². The number of rotatable bonds is 6. The van der Waals surface area contributed by atoms with Crippen LogP contribution in [0.5, 0.6) is 0 Å². The first-order chi connectivity index (χ1) is 14.4. The van der Waals surface area contributed by atoms with E-state index in [1.54, 1.807) is 0 Å². The van der Waals surface area contributed by atoms with E-state index in [9.17, 15) is 20.4 Å². The van der Waals surface area contributed by atoms with Gasteiger partial charge in [-0.3, -0.25) is 0 Å². The molecule has 4 nitrogen and oxygen atoms in total. The number of aliphatic hydroxyl groups excluding tert-OH is 3. The molecule has 3 rings (SSSR count). The monoisotopic (exact) mass is 432 g/mol. The normalized spacial score (nSPS) is 39.0. The zero-order valence-corrected chi connectivity index (χ0v) is 20.0. The van der Waals surface area contributed by atoms with Crippen LogP contribution in [-0.4, -0.2) is 44.3 Å². The van der Waals surface area contributed by atoms with E-state index in [1.807, 2.05) is 13.8 Å². The van der Waals surface area contributed by atoms with Crippen molar-refractivity contribution in [1.82, 2.24) is 0 Å². The summed E-state index contributed by atoms with van der Waals surface area (Å²) in [6.45, 7) is 12.3. The molecule has 0 aromatic rings. The van der Waals surface area contributed by atoms with Crippen molar-refractivity contribution in [3.05, 3.63) is 35.5 Å². The number of hydrogen-bond acceptors (Lipinski definition) is 4. The molecule has 3 aliphatic carbocycles. The number of fused-ring (bicyclic) bond motifs is 1. The maximum absolute atomic E-state index is 10.9. The van der Waals surface area contributed by atoms with Gasteiger partial charge in [0.1, 0.15) is 0 Å². The van der Waals surface area contributed by atoms with Crippen molar-refractivity contribution in [2.45, 2.75) is 109 Å². The lowest BCUT2D eigenvalue weighted by Crippen LogP contribution is -2.39. The largest absolute Gasteiger partial charge is 0.393 e. The molecule has 4 N–H and O–H groups in total. The molecule has 7 atom stereocenters. The lowest BCUT2D eigenvalue weighted by Gasteiger charge is -2.45. The fourth-order valence-corrected chi connectivity index (χ4v) is 6.64. The second kappa shape index (κ2) is 9.51. The molecule has 31 heavy (non-hydrogen) atoms. The average molecular weight is 433 g/mol. The molecule has 176 valence electrons. The third-order valence-corrected chi connectivity index (χ3v) is 8.60. The first-order valence-corrected chi connectivity index (χ1v) is 12.3. The van der Waals surface area contributed by atoms with Gasteiger partial charge in [0.15, 0.2) is 0 Å². The molecule has 0 spiro atoms. The van der Waals surface area contributed by atoms with E-state index < -0.39 is 17.8 Å². The highest BCUT2D eigenvalue weighted by atomic mass is 16.3. The Morgan fingerprint density at radius 3 is 2.61 bits per heavy atom. The van der Waals surface area contributed by atoms with E-state index in [4.69, 9.17) is 0 Å². The van der Waals surface area contributed by atoms with Crippen molar-refractivity contribution in [1.29, 1.82) is 0 Å². The molecular formula is C27H44O4. The van der Waals surface area contributed by atoms with Crippen LogP contribution < -0.4 is 0 Å². The summed E-state index contributed by atoms with van der Waals surface area (Å²) >= 11 is 0. The molecule has 4 heteroatoms. The quantitative estimate of drug-likeness (QED) is 0.491. The van der Waals surface area contributed by atoms with Crippen molar-refractivity contribution in [3.8, 4) is 0 Å². The van der Waals surface area contributed by atoms with Crippen molar-refractivity contribution >= 4 is 0 Å². The van der Waals surface area contributed by atoms with Gasteiger partial charge >= 0.3 is 0 Å². The summed E-state index contributed by atoms with van der Waals surface area (Å²) < 4.78 is 0. The molecule has 3 aliphatic rings. The minimum atomic E-state index is -0.735. The van der Waals surface area contributed by atoms with E-state index in [1.165, 1.54) is 12.0 Å². The van der Waals surface area contributed by atoms with Crippen molar-refractivity contribution in [3.63, 3.8) is 0 Å². The second-order valence-electron chi connectivity index (χ2n) is 11.4. The number of aliphatic hydroxyl groups is 4. The topological polar surface area (TPSA) is 80.9 Å². The fraction of sp³-hybridized carbons (Fsp3) is 0.778. The van der Waals surface area contributed by atoms with E-state index >= 15 is 0 Å². The fourth-order valence-electron chi connectivity index (χ4n) is 6.64. The van der Waals surface area contributed by atoms with Crippen LogP contribution in [0.3, 0.4) is 0 Å². The van der Waals surface area contributed by atoms with E-state index in [0.717, 1.165) is 36.8 Å². The van der Waals surface area contributed by atoms with Gasteiger partial charge in [-0.15, -0.1) is 0 Å². The summed E-state index contributed by atoms with van der Waals surface area (Å²) in [4.78, 5) is 0. The first kappa shape index (κ1) is 24.7. The van der Waals surface area contributed by atoms with Gasteiger partial charge in [-0.1, -0.05) is 38.2 Å². The SMILES string of the molecule is C=C1/C(=C\C=C2CCC[C@@]3(C)C2CC[C@@H]3[C@H](C)[C@@H](O)CCC(C)(C)O)C[C@@H](O)C[C@H]1O. The third kappa shape index (κ3) is 5.52. The maximum Gasteiger partial charge on any atom is 0.0811 e. The Kier molecular flexibility index (Phi) is 7.57. The van der Waals surface area contributed by atoms with Crippen LogP contribution in [0.15, 0.2) is 35.5 Å². The Morgan fingerprint density at radius 2 is 1.94 bits per heavy atom. The van der Waals surface area contributed by atoms with Crippen LogP contribution in [0.4, 0.5) is 0 Å². The molecule has 0 aromatic carbocycles. The zero-order chi connectivity index (χ0) is 23.0. The molecule has 0 heterocycles. The summed E-state index contributed by atoms with van der Waals surface area (Å²) in [5.41, 5.74) is 2.65. The lowest BCUT2D eigenvalue weighted by molar-refractivity contribution is -0.00259. The Hall–Kier alpha value is -0.940. The van der Waals surface area contributed by atoms with Gasteiger partial charge in [-0.05, 0) is 99.5 Å². The molecule has 0 aliphatic heterocycles. The maximum atomic E-state index is 10.9. The Balaban J connectivity index is 1.74. The van der Waals surface area contributed by atoms with Crippen molar-refractivity contribution < 1.29 is 20.4 Å². The molecule has 0 bridgehead atoms. The summed E-state index contributed by atoms with van der Waals surface area (Å²) in [6, 6.07) is 0. The van der Waals surface area contributed by atoms with Crippen molar-refractivity contribution in [2.24, 2.45) is 23.2 Å². The van der Waals surface area contributed by atoms with Gasteiger partial charge in [0.05, 0.1) is 23.9 Å². The van der Waals surface area contributed by atoms with Crippen LogP contribution in [0.1, 0.15) is 85.5 Å². The highest BCUT2D eigenvalue weighted by Gasteiger charge is 2.51. The van der Waals surface area contributed by atoms with Gasteiger partial charge in [0.25, 0.3) is 0 Å². The van der Waals surface area contributed by atoms with Crippen LogP contribution in [0, 0.1) is 23.2 Å². The summed E-state index contributed by atoms with van der Waals surface area (Å²) in [5, 5.41) is 41.1. The smallest absolute Gasteiger partial charge is 0.0811 e. The molecule has 0 saturated heterocycles. The molecule has 0 amide bonds. The Morgan fingerprint density at radius 1 is 1.23 bits per heavy atom. The predicted octanol–water partition coefficient (Wildman–Crippen LogP) is 4.68. The standard InChI is InChI=1S/C27H44O4/c1-17-20(15-21(28)16-25(17)30)9-8-19-7-6-13-27(5)22(10-11-23(19)27)18(2)24(29)12-14-26(3,4)31/h8-9,18,21-25,28-31H,1,6-7,10-16H2,2-5H3/b19-8?,20-9-/t18-,21+,22+,23?,24-,25+,27+/m0/s1. The second-order valence-corrected chi connectivity index (χ2v) is 11.4. The minimum absolute atomic E-state index is 0.195. The average Bonchev–Trinajstić information content (AvgIpc) is 3.04. The molecule has 0 aromatic heterocycles. The van der Waals surface area contributed by atoms with E-state index in [0.29, 0.717) is 37.5 Å². The molecule has 3 saturated carbocycles. The van der Waals surface area contributed by atoms with Gasteiger partial charge in [-0.2, -0.15) is 0 Å². The summed E-state index contributed by atoms with van der Waals surface area (Å²) in [7, 11) is 0.